The number of urea groups is 1. The van der Waals surface area contributed by atoms with E-state index in [1.54, 1.807) is 0 Å². The van der Waals surface area contributed by atoms with Crippen molar-refractivity contribution in [2.24, 2.45) is 0 Å². The molecule has 6 heteroatoms. The Morgan fingerprint density at radius 3 is 2.87 bits per heavy atom. The zero-order valence-electron chi connectivity index (χ0n) is 13.7. The number of carbonyl (C=O) groups excluding carboxylic acids is 1. The molecular formula is C17H26N2O4. The molecule has 1 aromatic heterocycles. The number of carboxylic acid groups (broad SMARTS) is 1. The second kappa shape index (κ2) is 8.60. The van der Waals surface area contributed by atoms with E-state index in [-0.39, 0.29) is 18.5 Å². The summed E-state index contributed by atoms with van der Waals surface area (Å²) in [7, 11) is 0. The van der Waals surface area contributed by atoms with Crippen LogP contribution in [0.1, 0.15) is 63.0 Å². The van der Waals surface area contributed by atoms with Crippen molar-refractivity contribution in [3.63, 3.8) is 0 Å². The number of amides is 2. The molecule has 0 radical (unpaired) electrons. The van der Waals surface area contributed by atoms with Crippen molar-refractivity contribution in [1.29, 1.82) is 0 Å². The van der Waals surface area contributed by atoms with Crippen LogP contribution in [0.3, 0.4) is 0 Å². The number of hydrogen-bond acceptors (Lipinski definition) is 3. The maximum Gasteiger partial charge on any atom is 0.318 e. The van der Waals surface area contributed by atoms with Gasteiger partial charge in [0.25, 0.3) is 0 Å². The van der Waals surface area contributed by atoms with Gasteiger partial charge in [-0.1, -0.05) is 19.8 Å². The Labute approximate surface area is 136 Å². The average Bonchev–Trinajstić information content (AvgIpc) is 2.87. The number of hydrogen-bond donors (Lipinski definition) is 2. The van der Waals surface area contributed by atoms with Gasteiger partial charge in [-0.25, -0.2) is 4.79 Å². The fraction of sp³-hybridized carbons (Fsp3) is 0.647. The summed E-state index contributed by atoms with van der Waals surface area (Å²) in [6.07, 6.45) is 5.44. The van der Waals surface area contributed by atoms with Crippen molar-refractivity contribution in [2.45, 2.75) is 57.9 Å². The average molecular weight is 322 g/mol. The van der Waals surface area contributed by atoms with E-state index in [0.717, 1.165) is 43.6 Å². The lowest BCUT2D eigenvalue weighted by atomic mass is 10.1. The van der Waals surface area contributed by atoms with Crippen molar-refractivity contribution in [3.8, 4) is 0 Å². The zero-order valence-corrected chi connectivity index (χ0v) is 13.7. The zero-order chi connectivity index (χ0) is 16.7. The molecule has 1 aromatic rings. The Bertz CT molecular complexity index is 526. The van der Waals surface area contributed by atoms with E-state index in [4.69, 9.17) is 9.52 Å². The highest BCUT2D eigenvalue weighted by atomic mass is 16.4. The standard InChI is InChI=1S/C17H26N2O4/c1-2-13-9-10-15(23-13)14-7-4-3-5-12-19(14)17(22)18-11-6-8-16(20)21/h9-10,14H,2-8,11-12H2,1H3,(H,18,22)(H,20,21). The highest BCUT2D eigenvalue weighted by molar-refractivity contribution is 5.74. The van der Waals surface area contributed by atoms with Gasteiger partial charge < -0.3 is 19.7 Å². The molecule has 0 saturated carbocycles. The van der Waals surface area contributed by atoms with Crippen LogP contribution in [-0.4, -0.2) is 35.1 Å². The highest BCUT2D eigenvalue weighted by Crippen LogP contribution is 2.31. The van der Waals surface area contributed by atoms with Crippen LogP contribution in [0.25, 0.3) is 0 Å². The number of furan rings is 1. The third kappa shape index (κ3) is 5.01. The van der Waals surface area contributed by atoms with Crippen LogP contribution < -0.4 is 5.32 Å². The molecule has 2 heterocycles. The van der Waals surface area contributed by atoms with E-state index in [9.17, 15) is 9.59 Å². The van der Waals surface area contributed by atoms with E-state index < -0.39 is 5.97 Å². The quantitative estimate of drug-likeness (QED) is 0.787. The molecule has 1 aliphatic rings. The van der Waals surface area contributed by atoms with E-state index in [1.165, 1.54) is 0 Å². The van der Waals surface area contributed by atoms with Crippen molar-refractivity contribution in [2.75, 3.05) is 13.1 Å². The Kier molecular flexibility index (Phi) is 6.50. The lowest BCUT2D eigenvalue weighted by molar-refractivity contribution is -0.137. The lowest BCUT2D eigenvalue weighted by Gasteiger charge is -2.28. The number of aryl methyl sites for hydroxylation is 1. The summed E-state index contributed by atoms with van der Waals surface area (Å²) < 4.78 is 5.87. The predicted molar refractivity (Wildman–Crippen MR) is 86.3 cm³/mol. The number of nitrogens with zero attached hydrogens (tertiary/aromatic N) is 1. The topological polar surface area (TPSA) is 82.8 Å². The first kappa shape index (κ1) is 17.4. The molecule has 1 atom stereocenters. The highest BCUT2D eigenvalue weighted by Gasteiger charge is 2.28. The van der Waals surface area contributed by atoms with E-state index in [2.05, 4.69) is 5.32 Å². The second-order valence-electron chi connectivity index (χ2n) is 5.95. The summed E-state index contributed by atoms with van der Waals surface area (Å²) in [6, 6.07) is 3.79. The summed E-state index contributed by atoms with van der Waals surface area (Å²) in [4.78, 5) is 24.8. The Morgan fingerprint density at radius 1 is 1.35 bits per heavy atom. The minimum atomic E-state index is -0.838. The molecule has 1 fully saturated rings. The molecule has 128 valence electrons. The molecule has 0 bridgehead atoms. The van der Waals surface area contributed by atoms with Crippen molar-refractivity contribution >= 4 is 12.0 Å². The monoisotopic (exact) mass is 322 g/mol. The minimum absolute atomic E-state index is 0.0303. The fourth-order valence-corrected chi connectivity index (χ4v) is 2.95. The van der Waals surface area contributed by atoms with Gasteiger partial charge in [0.15, 0.2) is 0 Å². The van der Waals surface area contributed by atoms with Gasteiger partial charge in [-0.05, 0) is 31.4 Å². The SMILES string of the molecule is CCc1ccc(C2CCCCCN2C(=O)NCCCC(=O)O)o1. The molecule has 0 aliphatic carbocycles. The molecule has 1 saturated heterocycles. The lowest BCUT2D eigenvalue weighted by Crippen LogP contribution is -2.42. The molecule has 6 nitrogen and oxygen atoms in total. The number of nitrogens with one attached hydrogen (secondary N) is 1. The molecular weight excluding hydrogens is 296 g/mol. The number of rotatable bonds is 6. The van der Waals surface area contributed by atoms with Crippen molar-refractivity contribution < 1.29 is 19.1 Å². The van der Waals surface area contributed by atoms with E-state index in [1.807, 2.05) is 24.0 Å². The number of carbonyl (C=O) groups is 2. The second-order valence-corrected chi connectivity index (χ2v) is 5.95. The van der Waals surface area contributed by atoms with Gasteiger partial charge in [-0.15, -0.1) is 0 Å². The van der Waals surface area contributed by atoms with Gasteiger partial charge in [0.1, 0.15) is 11.5 Å². The van der Waals surface area contributed by atoms with Gasteiger partial charge in [0.05, 0.1) is 6.04 Å². The molecule has 2 amide bonds. The van der Waals surface area contributed by atoms with Gasteiger partial charge in [-0.2, -0.15) is 0 Å². The van der Waals surface area contributed by atoms with Crippen molar-refractivity contribution in [1.82, 2.24) is 10.2 Å². The van der Waals surface area contributed by atoms with Crippen LogP contribution in [-0.2, 0) is 11.2 Å². The molecule has 1 aliphatic heterocycles. The summed E-state index contributed by atoms with van der Waals surface area (Å²) in [5.41, 5.74) is 0. The van der Waals surface area contributed by atoms with E-state index >= 15 is 0 Å². The van der Waals surface area contributed by atoms with Gasteiger partial charge in [-0.3, -0.25) is 4.79 Å². The Balaban J connectivity index is 1.99. The summed E-state index contributed by atoms with van der Waals surface area (Å²) in [5, 5.41) is 11.5. The maximum atomic E-state index is 12.5. The first-order valence-electron chi connectivity index (χ1n) is 8.46. The predicted octanol–water partition coefficient (Wildman–Crippen LogP) is 3.33. The first-order valence-corrected chi connectivity index (χ1v) is 8.46. The molecule has 2 N–H and O–H groups in total. The Morgan fingerprint density at radius 2 is 2.17 bits per heavy atom. The number of aliphatic carboxylic acids is 1. The fourth-order valence-electron chi connectivity index (χ4n) is 2.95. The maximum absolute atomic E-state index is 12.5. The van der Waals surface area contributed by atoms with Crippen LogP contribution in [0, 0.1) is 0 Å². The summed E-state index contributed by atoms with van der Waals surface area (Å²) >= 11 is 0. The molecule has 0 aromatic carbocycles. The van der Waals surface area contributed by atoms with Crippen LogP contribution in [0.4, 0.5) is 4.79 Å². The molecule has 23 heavy (non-hydrogen) atoms. The van der Waals surface area contributed by atoms with Crippen LogP contribution >= 0.6 is 0 Å². The minimum Gasteiger partial charge on any atom is -0.481 e. The van der Waals surface area contributed by atoms with Gasteiger partial charge in [0.2, 0.25) is 0 Å². The first-order chi connectivity index (χ1) is 11.1. The number of likely N-dealkylation sites (tertiary alicyclic amines) is 1. The number of carboxylic acids is 1. The molecule has 0 spiro atoms. The molecule has 2 rings (SSSR count). The van der Waals surface area contributed by atoms with E-state index in [0.29, 0.717) is 19.5 Å². The molecule has 1 unspecified atom stereocenters. The van der Waals surface area contributed by atoms with Gasteiger partial charge in [0, 0.05) is 25.9 Å². The normalized spacial score (nSPS) is 18.5. The van der Waals surface area contributed by atoms with Crippen LogP contribution in [0.2, 0.25) is 0 Å². The Hall–Kier alpha value is -1.98. The summed E-state index contributed by atoms with van der Waals surface area (Å²) in [5.74, 6) is 0.949. The van der Waals surface area contributed by atoms with Crippen LogP contribution in [0.15, 0.2) is 16.5 Å². The van der Waals surface area contributed by atoms with Crippen molar-refractivity contribution in [3.05, 3.63) is 23.7 Å². The smallest absolute Gasteiger partial charge is 0.318 e. The largest absolute Gasteiger partial charge is 0.481 e. The van der Waals surface area contributed by atoms with Gasteiger partial charge >= 0.3 is 12.0 Å². The summed E-state index contributed by atoms with van der Waals surface area (Å²) in [6.45, 7) is 3.13. The third-order valence-electron chi connectivity index (χ3n) is 4.22. The van der Waals surface area contributed by atoms with Crippen LogP contribution in [0.5, 0.6) is 0 Å². The third-order valence-corrected chi connectivity index (χ3v) is 4.22.